The highest BCUT2D eigenvalue weighted by Gasteiger charge is 2.42. The molecular formula is C19H28N2O. The van der Waals surface area contributed by atoms with Crippen LogP contribution < -0.4 is 5.32 Å². The molecule has 1 heterocycles. The number of carbonyl (C=O) groups is 1. The van der Waals surface area contributed by atoms with Gasteiger partial charge in [-0.3, -0.25) is 4.79 Å². The Labute approximate surface area is 133 Å². The highest BCUT2D eigenvalue weighted by atomic mass is 16.1. The van der Waals surface area contributed by atoms with Crippen LogP contribution in [0.15, 0.2) is 6.07 Å². The summed E-state index contributed by atoms with van der Waals surface area (Å²) in [7, 11) is 0. The van der Waals surface area contributed by atoms with E-state index in [1.807, 2.05) is 0 Å². The summed E-state index contributed by atoms with van der Waals surface area (Å²) in [6, 6.07) is 3.03. The molecule has 3 aliphatic carbocycles. The predicted octanol–water partition coefficient (Wildman–Crippen LogP) is 3.99. The van der Waals surface area contributed by atoms with Crippen LogP contribution in [0.25, 0.3) is 0 Å². The van der Waals surface area contributed by atoms with Gasteiger partial charge in [0, 0.05) is 23.5 Å². The number of carbonyl (C=O) groups excluding carboxylic acids is 1. The maximum absolute atomic E-state index is 12.7. The topological polar surface area (TPSA) is 34.0 Å². The molecule has 3 nitrogen and oxygen atoms in total. The van der Waals surface area contributed by atoms with Gasteiger partial charge in [0.2, 0.25) is 0 Å². The van der Waals surface area contributed by atoms with Crippen molar-refractivity contribution in [2.45, 2.75) is 71.4 Å². The molecule has 0 saturated heterocycles. The van der Waals surface area contributed by atoms with E-state index in [2.05, 4.69) is 36.7 Å². The number of nitrogens with one attached hydrogen (secondary N) is 1. The molecule has 3 aliphatic rings. The fourth-order valence-corrected chi connectivity index (χ4v) is 5.20. The Morgan fingerprint density at radius 1 is 1.23 bits per heavy atom. The van der Waals surface area contributed by atoms with E-state index in [0.29, 0.717) is 18.0 Å². The summed E-state index contributed by atoms with van der Waals surface area (Å²) in [6.45, 7) is 6.44. The van der Waals surface area contributed by atoms with Crippen molar-refractivity contribution >= 4 is 5.91 Å². The highest BCUT2D eigenvalue weighted by Crippen LogP contribution is 2.49. The minimum absolute atomic E-state index is 0.135. The van der Waals surface area contributed by atoms with Gasteiger partial charge in [-0.15, -0.1) is 0 Å². The highest BCUT2D eigenvalue weighted by molar-refractivity contribution is 5.96. The predicted molar refractivity (Wildman–Crippen MR) is 88.0 cm³/mol. The Hall–Kier alpha value is -1.25. The summed E-state index contributed by atoms with van der Waals surface area (Å²) in [6.07, 6.45) is 8.06. The van der Waals surface area contributed by atoms with Crippen LogP contribution in [0.4, 0.5) is 0 Å². The molecule has 1 aromatic rings. The molecule has 22 heavy (non-hydrogen) atoms. The normalized spacial score (nSPS) is 31.5. The van der Waals surface area contributed by atoms with Crippen molar-refractivity contribution in [2.75, 3.05) is 0 Å². The Morgan fingerprint density at radius 3 is 2.59 bits per heavy atom. The van der Waals surface area contributed by atoms with E-state index >= 15 is 0 Å². The molecular weight excluding hydrogens is 272 g/mol. The lowest BCUT2D eigenvalue weighted by Crippen LogP contribution is -2.40. The molecule has 0 aromatic carbocycles. The molecule has 0 radical (unpaired) electrons. The maximum atomic E-state index is 12.7. The van der Waals surface area contributed by atoms with E-state index in [0.717, 1.165) is 23.1 Å². The summed E-state index contributed by atoms with van der Waals surface area (Å²) < 4.78 is 2.36. The van der Waals surface area contributed by atoms with Crippen LogP contribution in [-0.2, 0) is 0 Å². The Balaban J connectivity index is 1.47. The van der Waals surface area contributed by atoms with E-state index in [9.17, 15) is 4.79 Å². The maximum Gasteiger partial charge on any atom is 0.253 e. The molecule has 4 rings (SSSR count). The number of hydrogen-bond donors (Lipinski definition) is 1. The van der Waals surface area contributed by atoms with E-state index < -0.39 is 0 Å². The van der Waals surface area contributed by atoms with Gasteiger partial charge in [-0.05, 0) is 76.7 Å². The van der Waals surface area contributed by atoms with Crippen molar-refractivity contribution in [3.05, 3.63) is 23.0 Å². The molecule has 1 aromatic heterocycles. The summed E-state index contributed by atoms with van der Waals surface area (Å²) in [4.78, 5) is 12.7. The smallest absolute Gasteiger partial charge is 0.253 e. The van der Waals surface area contributed by atoms with Crippen LogP contribution in [0.5, 0.6) is 0 Å². The van der Waals surface area contributed by atoms with Crippen molar-refractivity contribution in [3.63, 3.8) is 0 Å². The Kier molecular flexibility index (Phi) is 3.35. The first-order chi connectivity index (χ1) is 10.5. The molecule has 3 heteroatoms. The SMILES string of the molecule is Cc1cc(C(=O)N[C@H](C)[C@H]2C[C@H]3CC[C@H]2C3)c(C)n1C1CC1. The first-order valence-corrected chi connectivity index (χ1v) is 9.04. The van der Waals surface area contributed by atoms with Gasteiger partial charge >= 0.3 is 0 Å². The largest absolute Gasteiger partial charge is 0.349 e. The number of amides is 1. The summed E-state index contributed by atoms with van der Waals surface area (Å²) in [5.74, 6) is 2.64. The van der Waals surface area contributed by atoms with Crippen LogP contribution in [-0.4, -0.2) is 16.5 Å². The summed E-state index contributed by atoms with van der Waals surface area (Å²) >= 11 is 0. The third-order valence-corrected chi connectivity index (χ3v) is 6.43. The van der Waals surface area contributed by atoms with Gasteiger partial charge in [-0.2, -0.15) is 0 Å². The average molecular weight is 300 g/mol. The molecule has 0 spiro atoms. The number of aromatic nitrogens is 1. The minimum atomic E-state index is 0.135. The van der Waals surface area contributed by atoms with Crippen LogP contribution in [0, 0.1) is 31.6 Å². The quantitative estimate of drug-likeness (QED) is 0.896. The standard InChI is InChI=1S/C19H28N2O/c1-11-8-18(13(3)21(11)16-6-7-16)19(22)20-12(2)17-10-14-4-5-15(17)9-14/h8,12,14-17H,4-7,9-10H2,1-3H3,(H,20,22)/t12-,14+,15+,17-/m1/s1. The third kappa shape index (κ3) is 2.29. The second-order valence-corrected chi connectivity index (χ2v) is 7.99. The van der Waals surface area contributed by atoms with Crippen LogP contribution >= 0.6 is 0 Å². The van der Waals surface area contributed by atoms with E-state index in [4.69, 9.17) is 0 Å². The number of fused-ring (bicyclic) bond motifs is 2. The van der Waals surface area contributed by atoms with Crippen LogP contribution in [0.3, 0.4) is 0 Å². The van der Waals surface area contributed by atoms with Gasteiger partial charge in [0.1, 0.15) is 0 Å². The molecule has 120 valence electrons. The Bertz CT molecular complexity index is 599. The minimum Gasteiger partial charge on any atom is -0.349 e. The van der Waals surface area contributed by atoms with Crippen molar-refractivity contribution in [2.24, 2.45) is 17.8 Å². The zero-order valence-electron chi connectivity index (χ0n) is 14.1. The molecule has 1 amide bonds. The van der Waals surface area contributed by atoms with Crippen molar-refractivity contribution in [3.8, 4) is 0 Å². The van der Waals surface area contributed by atoms with Crippen molar-refractivity contribution < 1.29 is 4.79 Å². The average Bonchev–Trinajstić information content (AvgIpc) is 2.95. The van der Waals surface area contributed by atoms with Gasteiger partial charge in [0.15, 0.2) is 0 Å². The molecule has 1 N–H and O–H groups in total. The molecule has 0 aliphatic heterocycles. The number of nitrogens with zero attached hydrogens (tertiary/aromatic N) is 1. The summed E-state index contributed by atoms with van der Waals surface area (Å²) in [5, 5.41) is 3.31. The molecule has 0 unspecified atom stereocenters. The Morgan fingerprint density at radius 2 is 2.00 bits per heavy atom. The third-order valence-electron chi connectivity index (χ3n) is 6.43. The zero-order valence-corrected chi connectivity index (χ0v) is 14.1. The van der Waals surface area contributed by atoms with E-state index in [1.165, 1.54) is 44.2 Å². The van der Waals surface area contributed by atoms with Gasteiger partial charge in [0.25, 0.3) is 5.91 Å². The molecule has 2 bridgehead atoms. The van der Waals surface area contributed by atoms with E-state index in [-0.39, 0.29) is 5.91 Å². The molecule has 3 fully saturated rings. The summed E-state index contributed by atoms with van der Waals surface area (Å²) in [5.41, 5.74) is 3.27. The fraction of sp³-hybridized carbons (Fsp3) is 0.737. The monoisotopic (exact) mass is 300 g/mol. The lowest BCUT2D eigenvalue weighted by molar-refractivity contribution is 0.0914. The van der Waals surface area contributed by atoms with Gasteiger partial charge in [-0.25, -0.2) is 0 Å². The van der Waals surface area contributed by atoms with Crippen molar-refractivity contribution in [1.29, 1.82) is 0 Å². The molecule has 3 saturated carbocycles. The molecule has 4 atom stereocenters. The number of rotatable bonds is 4. The fourth-order valence-electron chi connectivity index (χ4n) is 5.20. The van der Waals surface area contributed by atoms with E-state index in [1.54, 1.807) is 0 Å². The van der Waals surface area contributed by atoms with Crippen molar-refractivity contribution in [1.82, 2.24) is 9.88 Å². The lowest BCUT2D eigenvalue weighted by Gasteiger charge is -2.28. The second-order valence-electron chi connectivity index (χ2n) is 7.99. The number of aryl methyl sites for hydroxylation is 1. The van der Waals surface area contributed by atoms with Crippen LogP contribution in [0.1, 0.15) is 73.2 Å². The zero-order chi connectivity index (χ0) is 15.4. The first kappa shape index (κ1) is 14.3. The van der Waals surface area contributed by atoms with Crippen LogP contribution in [0.2, 0.25) is 0 Å². The van der Waals surface area contributed by atoms with Gasteiger partial charge < -0.3 is 9.88 Å². The van der Waals surface area contributed by atoms with Gasteiger partial charge in [0.05, 0.1) is 5.56 Å². The van der Waals surface area contributed by atoms with Gasteiger partial charge in [-0.1, -0.05) is 6.42 Å². The number of hydrogen-bond acceptors (Lipinski definition) is 1. The first-order valence-electron chi connectivity index (χ1n) is 9.04. The second kappa shape index (κ2) is 5.14. The lowest BCUT2D eigenvalue weighted by atomic mass is 9.84.